The van der Waals surface area contributed by atoms with Crippen LogP contribution in [0.25, 0.3) is 10.2 Å². The van der Waals surface area contributed by atoms with Crippen LogP contribution >= 0.6 is 11.3 Å². The number of thiazole rings is 1. The maximum atomic E-state index is 12.7. The number of amides is 3. The van der Waals surface area contributed by atoms with E-state index in [0.29, 0.717) is 22.5 Å². The van der Waals surface area contributed by atoms with Gasteiger partial charge in [0.15, 0.2) is 5.13 Å². The molecular weight excluding hydrogens is 384 g/mol. The predicted octanol–water partition coefficient (Wildman–Crippen LogP) is 4.46. The zero-order chi connectivity index (χ0) is 20.3. The molecule has 29 heavy (non-hydrogen) atoms. The molecule has 2 aromatic rings. The number of fused-ring (bicyclic) bond motifs is 2. The molecule has 1 aromatic heterocycles. The Balaban J connectivity index is 1.32. The van der Waals surface area contributed by atoms with Crippen molar-refractivity contribution in [1.82, 2.24) is 15.2 Å². The first-order valence-electron chi connectivity index (χ1n) is 10.3. The molecular formula is C22H26N4O2S. The zero-order valence-electron chi connectivity index (χ0n) is 17.0. The quantitative estimate of drug-likeness (QED) is 0.785. The molecule has 1 heterocycles. The summed E-state index contributed by atoms with van der Waals surface area (Å²) in [5.74, 6) is 2.74. The van der Waals surface area contributed by atoms with Crippen LogP contribution in [0.3, 0.4) is 0 Å². The standard InChI is InChI=1S/C22H26N4O2S/c1-11-6-12-7-14-9-16(15(14)8-12)19(11)24-21(28)25-22-23-17-5-4-13(10-18(17)29-22)20(27)26(2)3/h4-5,10-12,14-15H,6-9H2,1-3H3,(H2,23,24,25,28). The molecule has 0 spiro atoms. The third-order valence-electron chi connectivity index (χ3n) is 6.76. The SMILES string of the molecule is CC1CC2CC3CC(=C1NC(=O)Nc1nc4ccc(C(=O)N(C)C)cc4s1)C3C2. The van der Waals surface area contributed by atoms with Crippen LogP contribution < -0.4 is 10.6 Å². The van der Waals surface area contributed by atoms with Gasteiger partial charge in [-0.3, -0.25) is 10.1 Å². The van der Waals surface area contributed by atoms with Crippen LogP contribution in [0.15, 0.2) is 29.5 Å². The normalized spacial score (nSPS) is 27.4. The van der Waals surface area contributed by atoms with Gasteiger partial charge < -0.3 is 10.2 Å². The lowest BCUT2D eigenvalue weighted by molar-refractivity contribution is 0.0828. The molecule has 0 aliphatic heterocycles. The molecule has 6 nitrogen and oxygen atoms in total. The smallest absolute Gasteiger partial charge is 0.325 e. The van der Waals surface area contributed by atoms with E-state index in [1.54, 1.807) is 25.1 Å². The van der Waals surface area contributed by atoms with E-state index < -0.39 is 0 Å². The van der Waals surface area contributed by atoms with E-state index in [0.717, 1.165) is 34.2 Å². The maximum Gasteiger partial charge on any atom is 0.325 e. The Bertz CT molecular complexity index is 1040. The van der Waals surface area contributed by atoms with Crippen molar-refractivity contribution < 1.29 is 9.59 Å². The molecule has 2 fully saturated rings. The number of allylic oxidation sites excluding steroid dienone is 2. The summed E-state index contributed by atoms with van der Waals surface area (Å²) in [7, 11) is 3.47. The number of benzene rings is 1. The number of urea groups is 1. The Labute approximate surface area is 174 Å². The van der Waals surface area contributed by atoms with Gasteiger partial charge in [0, 0.05) is 25.4 Å². The number of nitrogens with one attached hydrogen (secondary N) is 2. The minimum absolute atomic E-state index is 0.0450. The topological polar surface area (TPSA) is 74.3 Å². The van der Waals surface area contributed by atoms with E-state index in [9.17, 15) is 9.59 Å². The van der Waals surface area contributed by atoms with Gasteiger partial charge in [0.2, 0.25) is 0 Å². The van der Waals surface area contributed by atoms with Crippen LogP contribution in [0.2, 0.25) is 0 Å². The molecule has 0 saturated heterocycles. The highest BCUT2D eigenvalue weighted by atomic mass is 32.1. The van der Waals surface area contributed by atoms with Crippen molar-refractivity contribution in [2.45, 2.75) is 32.6 Å². The van der Waals surface area contributed by atoms with Gasteiger partial charge in [-0.25, -0.2) is 9.78 Å². The van der Waals surface area contributed by atoms with Crippen LogP contribution in [0.1, 0.15) is 43.0 Å². The second kappa shape index (κ2) is 6.83. The molecule has 0 radical (unpaired) electrons. The molecule has 1 aromatic carbocycles. The highest BCUT2D eigenvalue weighted by Crippen LogP contribution is 2.58. The van der Waals surface area contributed by atoms with Crippen molar-refractivity contribution in [2.24, 2.45) is 23.7 Å². The Morgan fingerprint density at radius 1 is 1.17 bits per heavy atom. The third-order valence-corrected chi connectivity index (χ3v) is 7.69. The molecule has 3 aliphatic carbocycles. The van der Waals surface area contributed by atoms with Crippen LogP contribution in [-0.4, -0.2) is 35.9 Å². The van der Waals surface area contributed by atoms with Crippen molar-refractivity contribution in [3.8, 4) is 0 Å². The summed E-state index contributed by atoms with van der Waals surface area (Å²) in [5, 5.41) is 6.60. The number of carbonyl (C=O) groups excluding carboxylic acids is 2. The van der Waals surface area contributed by atoms with Gasteiger partial charge in [-0.2, -0.15) is 0 Å². The minimum Gasteiger partial charge on any atom is -0.345 e. The fourth-order valence-corrected chi connectivity index (χ4v) is 6.33. The number of aromatic nitrogens is 1. The highest BCUT2D eigenvalue weighted by molar-refractivity contribution is 7.22. The zero-order valence-corrected chi connectivity index (χ0v) is 17.8. The molecule has 2 N–H and O–H groups in total. The number of nitrogens with zero attached hydrogens (tertiary/aromatic N) is 2. The first-order chi connectivity index (χ1) is 13.9. The van der Waals surface area contributed by atoms with Crippen LogP contribution in [-0.2, 0) is 0 Å². The molecule has 3 amide bonds. The molecule has 3 aliphatic rings. The summed E-state index contributed by atoms with van der Waals surface area (Å²) in [4.78, 5) is 30.9. The summed E-state index contributed by atoms with van der Waals surface area (Å²) in [5.41, 5.74) is 4.03. The number of hydrogen-bond acceptors (Lipinski definition) is 4. The van der Waals surface area contributed by atoms with Crippen molar-refractivity contribution in [1.29, 1.82) is 0 Å². The average molecular weight is 411 g/mol. The summed E-state index contributed by atoms with van der Waals surface area (Å²) in [6, 6.07) is 5.22. The van der Waals surface area contributed by atoms with E-state index in [4.69, 9.17) is 0 Å². The van der Waals surface area contributed by atoms with Gasteiger partial charge in [0.05, 0.1) is 10.2 Å². The number of carbonyl (C=O) groups is 2. The molecule has 4 unspecified atom stereocenters. The lowest BCUT2D eigenvalue weighted by atomic mass is 9.69. The van der Waals surface area contributed by atoms with Gasteiger partial charge in [-0.1, -0.05) is 18.3 Å². The maximum absolute atomic E-state index is 12.7. The highest BCUT2D eigenvalue weighted by Gasteiger charge is 2.48. The van der Waals surface area contributed by atoms with Gasteiger partial charge >= 0.3 is 6.03 Å². The van der Waals surface area contributed by atoms with E-state index in [1.165, 1.54) is 36.2 Å². The number of anilines is 1. The predicted molar refractivity (Wildman–Crippen MR) is 115 cm³/mol. The summed E-state index contributed by atoms with van der Waals surface area (Å²) < 4.78 is 0.886. The second-order valence-corrected chi connectivity index (χ2v) is 9.99. The Morgan fingerprint density at radius 3 is 2.79 bits per heavy atom. The first kappa shape index (κ1) is 18.6. The summed E-state index contributed by atoms with van der Waals surface area (Å²) >= 11 is 1.39. The van der Waals surface area contributed by atoms with E-state index in [2.05, 4.69) is 22.5 Å². The van der Waals surface area contributed by atoms with Crippen molar-refractivity contribution in [3.05, 3.63) is 35.0 Å². The van der Waals surface area contributed by atoms with Gasteiger partial charge in [-0.05, 0) is 73.1 Å². The molecule has 152 valence electrons. The van der Waals surface area contributed by atoms with Crippen molar-refractivity contribution in [2.75, 3.05) is 19.4 Å². The van der Waals surface area contributed by atoms with Crippen LogP contribution in [0.5, 0.6) is 0 Å². The first-order valence-corrected chi connectivity index (χ1v) is 11.1. The van der Waals surface area contributed by atoms with Gasteiger partial charge in [0.25, 0.3) is 5.91 Å². The minimum atomic E-state index is -0.218. The van der Waals surface area contributed by atoms with Crippen LogP contribution in [0, 0.1) is 23.7 Å². The Kier molecular flexibility index (Phi) is 4.38. The molecule has 2 saturated carbocycles. The number of rotatable bonds is 3. The third kappa shape index (κ3) is 3.21. The molecule has 2 bridgehead atoms. The Hall–Kier alpha value is -2.41. The lowest BCUT2D eigenvalue weighted by Crippen LogP contribution is -2.36. The largest absolute Gasteiger partial charge is 0.345 e. The Morgan fingerprint density at radius 2 is 2.00 bits per heavy atom. The van der Waals surface area contributed by atoms with E-state index >= 15 is 0 Å². The molecule has 4 atom stereocenters. The van der Waals surface area contributed by atoms with Gasteiger partial charge in [-0.15, -0.1) is 0 Å². The van der Waals surface area contributed by atoms with E-state index in [1.807, 2.05) is 12.1 Å². The lowest BCUT2D eigenvalue weighted by Gasteiger charge is -2.38. The van der Waals surface area contributed by atoms with Crippen molar-refractivity contribution >= 4 is 38.6 Å². The summed E-state index contributed by atoms with van der Waals surface area (Å²) in [6.07, 6.45) is 5.02. The monoisotopic (exact) mass is 410 g/mol. The average Bonchev–Trinajstić information content (AvgIpc) is 3.17. The molecule has 7 heteroatoms. The fraction of sp³-hybridized carbons (Fsp3) is 0.500. The fourth-order valence-electron chi connectivity index (χ4n) is 5.43. The second-order valence-electron chi connectivity index (χ2n) is 8.96. The summed E-state index contributed by atoms with van der Waals surface area (Å²) in [6.45, 7) is 2.23. The van der Waals surface area contributed by atoms with Crippen LogP contribution in [0.4, 0.5) is 9.93 Å². The van der Waals surface area contributed by atoms with Gasteiger partial charge in [0.1, 0.15) is 0 Å². The van der Waals surface area contributed by atoms with Crippen molar-refractivity contribution in [3.63, 3.8) is 0 Å². The molecule has 5 rings (SSSR count). The van der Waals surface area contributed by atoms with E-state index in [-0.39, 0.29) is 11.9 Å². The number of hydrogen-bond donors (Lipinski definition) is 2.